The van der Waals surface area contributed by atoms with E-state index in [2.05, 4.69) is 5.32 Å². The molecule has 86 valence electrons. The van der Waals surface area contributed by atoms with Crippen molar-refractivity contribution in [2.75, 3.05) is 6.61 Å². The van der Waals surface area contributed by atoms with Crippen LogP contribution in [0.25, 0.3) is 0 Å². The minimum absolute atomic E-state index is 0.0368. The summed E-state index contributed by atoms with van der Waals surface area (Å²) in [5.41, 5.74) is 1.15. The molecule has 0 unspecified atom stereocenters. The summed E-state index contributed by atoms with van der Waals surface area (Å²) in [7, 11) is 0. The van der Waals surface area contributed by atoms with Crippen LogP contribution in [0.1, 0.15) is 12.5 Å². The minimum atomic E-state index is -0.332. The van der Waals surface area contributed by atoms with E-state index in [0.717, 1.165) is 17.0 Å². The first-order chi connectivity index (χ1) is 7.65. The van der Waals surface area contributed by atoms with Crippen LogP contribution in [-0.4, -0.2) is 24.7 Å². The maximum Gasteiger partial charge on any atom is 0.249 e. The van der Waals surface area contributed by atoms with Crippen LogP contribution in [0.15, 0.2) is 24.3 Å². The van der Waals surface area contributed by atoms with E-state index in [1.54, 1.807) is 6.92 Å². The minimum Gasteiger partial charge on any atom is -0.367 e. The van der Waals surface area contributed by atoms with Gasteiger partial charge in [-0.25, -0.2) is 0 Å². The zero-order valence-corrected chi connectivity index (χ0v) is 9.83. The average Bonchev–Trinajstić information content (AvgIpc) is 2.27. The Kier molecular flexibility index (Phi) is 3.46. The SMILES string of the molecule is C[C@H]1OC[C@@H](Cc2ccc(Cl)cc2)NC1=O. The number of carbonyl (C=O) groups excluding carboxylic acids is 1. The van der Waals surface area contributed by atoms with Crippen molar-refractivity contribution in [1.29, 1.82) is 0 Å². The van der Waals surface area contributed by atoms with Gasteiger partial charge in [0.05, 0.1) is 12.6 Å². The lowest BCUT2D eigenvalue weighted by Crippen LogP contribution is -2.50. The van der Waals surface area contributed by atoms with Crippen LogP contribution in [0.3, 0.4) is 0 Å². The Bertz CT molecular complexity index is 377. The second kappa shape index (κ2) is 4.85. The van der Waals surface area contributed by atoms with Crippen molar-refractivity contribution in [2.24, 2.45) is 0 Å². The lowest BCUT2D eigenvalue weighted by Gasteiger charge is -2.27. The Morgan fingerprint density at radius 2 is 2.12 bits per heavy atom. The number of ether oxygens (including phenoxy) is 1. The molecular weight excluding hydrogens is 226 g/mol. The molecule has 1 aliphatic heterocycles. The maximum absolute atomic E-state index is 11.4. The van der Waals surface area contributed by atoms with E-state index in [4.69, 9.17) is 16.3 Å². The van der Waals surface area contributed by atoms with Crippen molar-refractivity contribution in [3.8, 4) is 0 Å². The van der Waals surface area contributed by atoms with Crippen LogP contribution in [0.2, 0.25) is 5.02 Å². The number of rotatable bonds is 2. The molecule has 0 saturated carbocycles. The van der Waals surface area contributed by atoms with Crippen LogP contribution in [0.4, 0.5) is 0 Å². The summed E-state index contributed by atoms with van der Waals surface area (Å²) in [6, 6.07) is 7.69. The average molecular weight is 240 g/mol. The number of halogens is 1. The summed E-state index contributed by atoms with van der Waals surface area (Å²) in [6.45, 7) is 2.32. The number of carbonyl (C=O) groups is 1. The third-order valence-corrected chi connectivity index (χ3v) is 2.91. The van der Waals surface area contributed by atoms with Crippen LogP contribution in [-0.2, 0) is 16.0 Å². The number of morpholine rings is 1. The van der Waals surface area contributed by atoms with Gasteiger partial charge in [-0.3, -0.25) is 4.79 Å². The van der Waals surface area contributed by atoms with E-state index in [1.807, 2.05) is 24.3 Å². The highest BCUT2D eigenvalue weighted by atomic mass is 35.5. The molecule has 1 saturated heterocycles. The highest BCUT2D eigenvalue weighted by Crippen LogP contribution is 2.13. The monoisotopic (exact) mass is 239 g/mol. The summed E-state index contributed by atoms with van der Waals surface area (Å²) in [5.74, 6) is -0.0368. The van der Waals surface area contributed by atoms with Gasteiger partial charge in [0, 0.05) is 5.02 Å². The van der Waals surface area contributed by atoms with Gasteiger partial charge in [-0.2, -0.15) is 0 Å². The molecule has 16 heavy (non-hydrogen) atoms. The second-order valence-electron chi connectivity index (χ2n) is 4.01. The Balaban J connectivity index is 1.95. The number of amides is 1. The Morgan fingerprint density at radius 3 is 2.75 bits per heavy atom. The van der Waals surface area contributed by atoms with E-state index in [0.29, 0.717) is 6.61 Å². The third-order valence-electron chi connectivity index (χ3n) is 2.66. The van der Waals surface area contributed by atoms with E-state index < -0.39 is 0 Å². The van der Waals surface area contributed by atoms with Gasteiger partial charge in [-0.15, -0.1) is 0 Å². The number of benzene rings is 1. The summed E-state index contributed by atoms with van der Waals surface area (Å²) in [4.78, 5) is 11.4. The standard InChI is InChI=1S/C12H14ClNO2/c1-8-12(15)14-11(7-16-8)6-9-2-4-10(13)5-3-9/h2-5,8,11H,6-7H2,1H3,(H,14,15)/t8-,11-/m1/s1. The molecule has 1 amide bonds. The molecule has 1 aliphatic rings. The predicted molar refractivity (Wildman–Crippen MR) is 62.5 cm³/mol. The molecule has 0 bridgehead atoms. The fourth-order valence-electron chi connectivity index (χ4n) is 1.71. The maximum atomic E-state index is 11.4. The summed E-state index contributed by atoms with van der Waals surface area (Å²) in [5, 5.41) is 3.66. The molecule has 2 rings (SSSR count). The van der Waals surface area contributed by atoms with Crippen LogP contribution in [0, 0.1) is 0 Å². The van der Waals surface area contributed by atoms with Gasteiger partial charge in [0.2, 0.25) is 5.91 Å². The summed E-state index contributed by atoms with van der Waals surface area (Å²) in [6.07, 6.45) is 0.441. The zero-order valence-electron chi connectivity index (χ0n) is 9.07. The van der Waals surface area contributed by atoms with Gasteiger partial charge in [-0.1, -0.05) is 23.7 Å². The first-order valence-electron chi connectivity index (χ1n) is 5.31. The molecule has 0 radical (unpaired) electrons. The molecule has 1 aromatic carbocycles. The summed E-state index contributed by atoms with van der Waals surface area (Å²) < 4.78 is 5.36. The molecule has 2 atom stereocenters. The van der Waals surface area contributed by atoms with Gasteiger partial charge in [0.1, 0.15) is 6.10 Å². The van der Waals surface area contributed by atoms with E-state index in [-0.39, 0.29) is 18.1 Å². The van der Waals surface area contributed by atoms with Crippen LogP contribution in [0.5, 0.6) is 0 Å². The van der Waals surface area contributed by atoms with Gasteiger partial charge in [0.15, 0.2) is 0 Å². The zero-order chi connectivity index (χ0) is 11.5. The van der Waals surface area contributed by atoms with Gasteiger partial charge >= 0.3 is 0 Å². The van der Waals surface area contributed by atoms with Crippen molar-refractivity contribution < 1.29 is 9.53 Å². The highest BCUT2D eigenvalue weighted by molar-refractivity contribution is 6.30. The largest absolute Gasteiger partial charge is 0.367 e. The molecule has 0 aromatic heterocycles. The first-order valence-corrected chi connectivity index (χ1v) is 5.69. The topological polar surface area (TPSA) is 38.3 Å². The Labute approximate surface area is 99.7 Å². The molecule has 1 fully saturated rings. The number of hydrogen-bond acceptors (Lipinski definition) is 2. The lowest BCUT2D eigenvalue weighted by atomic mass is 10.1. The Hall–Kier alpha value is -1.06. The molecule has 4 heteroatoms. The fraction of sp³-hybridized carbons (Fsp3) is 0.417. The third kappa shape index (κ3) is 2.74. The quantitative estimate of drug-likeness (QED) is 0.855. The highest BCUT2D eigenvalue weighted by Gasteiger charge is 2.24. The van der Waals surface area contributed by atoms with Crippen molar-refractivity contribution in [3.05, 3.63) is 34.9 Å². The first kappa shape index (κ1) is 11.4. The van der Waals surface area contributed by atoms with Gasteiger partial charge in [-0.05, 0) is 31.0 Å². The fourth-order valence-corrected chi connectivity index (χ4v) is 1.84. The van der Waals surface area contributed by atoms with Crippen LogP contribution >= 0.6 is 11.6 Å². The number of nitrogens with one attached hydrogen (secondary N) is 1. The molecule has 0 spiro atoms. The smallest absolute Gasteiger partial charge is 0.249 e. The van der Waals surface area contributed by atoms with Crippen molar-refractivity contribution in [2.45, 2.75) is 25.5 Å². The Morgan fingerprint density at radius 1 is 1.44 bits per heavy atom. The van der Waals surface area contributed by atoms with Crippen molar-refractivity contribution >= 4 is 17.5 Å². The van der Waals surface area contributed by atoms with Crippen molar-refractivity contribution in [3.63, 3.8) is 0 Å². The molecule has 1 N–H and O–H groups in total. The summed E-state index contributed by atoms with van der Waals surface area (Å²) >= 11 is 5.80. The molecule has 1 aromatic rings. The van der Waals surface area contributed by atoms with Gasteiger partial charge in [0.25, 0.3) is 0 Å². The lowest BCUT2D eigenvalue weighted by molar-refractivity contribution is -0.139. The normalized spacial score (nSPS) is 25.2. The van der Waals surface area contributed by atoms with Crippen LogP contribution < -0.4 is 5.32 Å². The molecular formula is C12H14ClNO2. The molecule has 3 nitrogen and oxygen atoms in total. The number of hydrogen-bond donors (Lipinski definition) is 1. The van der Waals surface area contributed by atoms with E-state index in [9.17, 15) is 4.79 Å². The van der Waals surface area contributed by atoms with E-state index >= 15 is 0 Å². The predicted octanol–water partition coefficient (Wildman–Crippen LogP) is 1.79. The van der Waals surface area contributed by atoms with Gasteiger partial charge < -0.3 is 10.1 Å². The van der Waals surface area contributed by atoms with E-state index in [1.165, 1.54) is 0 Å². The second-order valence-corrected chi connectivity index (χ2v) is 4.45. The van der Waals surface area contributed by atoms with Crippen molar-refractivity contribution in [1.82, 2.24) is 5.32 Å². The molecule has 1 heterocycles. The molecule has 0 aliphatic carbocycles.